The third-order valence-electron chi connectivity index (χ3n) is 5.17. The maximum Gasteiger partial charge on any atom is 0.326 e. The number of carboxylic acids is 1. The third-order valence-corrected chi connectivity index (χ3v) is 7.10. The lowest BCUT2D eigenvalue weighted by molar-refractivity contribution is -0.150. The number of carboxylic acid groups (broad SMARTS) is 1. The number of aliphatic carboxylic acids is 1. The van der Waals surface area contributed by atoms with Gasteiger partial charge in [0.2, 0.25) is 15.9 Å². The van der Waals surface area contributed by atoms with Crippen molar-refractivity contribution < 1.29 is 23.1 Å². The molecule has 0 spiro atoms. The average molecular weight is 420 g/mol. The summed E-state index contributed by atoms with van der Waals surface area (Å²) in [6, 6.07) is 4.38. The van der Waals surface area contributed by atoms with Crippen molar-refractivity contribution in [3.8, 4) is 0 Å². The smallest absolute Gasteiger partial charge is 0.326 e. The van der Waals surface area contributed by atoms with E-state index in [2.05, 4.69) is 9.97 Å². The predicted octanol–water partition coefficient (Wildman–Crippen LogP) is 1.03. The Bertz CT molecular complexity index is 973. The molecule has 0 bridgehead atoms. The molecule has 29 heavy (non-hydrogen) atoms. The van der Waals surface area contributed by atoms with Crippen LogP contribution in [0.4, 0.5) is 0 Å². The quantitative estimate of drug-likeness (QED) is 0.689. The fraction of sp³-hybridized carbons (Fsp3) is 0.421. The van der Waals surface area contributed by atoms with Crippen LogP contribution < -0.4 is 0 Å². The molecule has 2 atom stereocenters. The first-order valence-electron chi connectivity index (χ1n) is 9.27. The summed E-state index contributed by atoms with van der Waals surface area (Å²) in [6.07, 6.45) is 3.91. The Morgan fingerprint density at radius 2 is 2.03 bits per heavy atom. The largest absolute Gasteiger partial charge is 0.480 e. The standard InChI is InChI=1S/C19H24N4O5S/c1-13-5-7-15(8-6-13)29(27,28)23-9-3-4-16(23)18(24)22(2)17(19(25)26)10-14-11-20-12-21-14/h5-8,11-12,16-17H,3-4,9-10H2,1-2H3,(H,20,21)(H,25,26)/t16-,17-/m0/s1. The van der Waals surface area contributed by atoms with E-state index in [4.69, 9.17) is 0 Å². The van der Waals surface area contributed by atoms with Gasteiger partial charge in [-0.2, -0.15) is 4.31 Å². The molecule has 1 fully saturated rings. The monoisotopic (exact) mass is 420 g/mol. The number of aromatic nitrogens is 2. The number of rotatable bonds is 7. The van der Waals surface area contributed by atoms with Crippen LogP contribution in [-0.2, 0) is 26.0 Å². The molecule has 1 saturated heterocycles. The minimum atomic E-state index is -3.86. The van der Waals surface area contributed by atoms with Gasteiger partial charge in [-0.25, -0.2) is 18.2 Å². The molecule has 0 unspecified atom stereocenters. The van der Waals surface area contributed by atoms with Crippen LogP contribution >= 0.6 is 0 Å². The highest BCUT2D eigenvalue weighted by Gasteiger charge is 2.42. The van der Waals surface area contributed by atoms with Crippen LogP contribution in [0.1, 0.15) is 24.1 Å². The maximum absolute atomic E-state index is 13.1. The van der Waals surface area contributed by atoms with Crippen molar-refractivity contribution in [3.05, 3.63) is 48.0 Å². The highest BCUT2D eigenvalue weighted by Crippen LogP contribution is 2.28. The Kier molecular flexibility index (Phi) is 6.04. The first kappa shape index (κ1) is 21.0. The average Bonchev–Trinajstić information content (AvgIpc) is 3.37. The third kappa shape index (κ3) is 4.33. The summed E-state index contributed by atoms with van der Waals surface area (Å²) in [7, 11) is -2.47. The van der Waals surface area contributed by atoms with Crippen LogP contribution in [0.3, 0.4) is 0 Å². The van der Waals surface area contributed by atoms with E-state index in [1.54, 1.807) is 18.3 Å². The van der Waals surface area contributed by atoms with E-state index in [1.807, 2.05) is 6.92 Å². The molecule has 9 nitrogen and oxygen atoms in total. The van der Waals surface area contributed by atoms with Crippen LogP contribution in [0.15, 0.2) is 41.7 Å². The molecule has 2 heterocycles. The number of aryl methyl sites for hydroxylation is 1. The zero-order valence-electron chi connectivity index (χ0n) is 16.3. The Balaban J connectivity index is 1.82. The highest BCUT2D eigenvalue weighted by atomic mass is 32.2. The summed E-state index contributed by atoms with van der Waals surface area (Å²) in [4.78, 5) is 32.8. The van der Waals surface area contributed by atoms with Gasteiger partial charge in [-0.1, -0.05) is 17.7 Å². The number of amides is 1. The molecule has 1 amide bonds. The summed E-state index contributed by atoms with van der Waals surface area (Å²) in [6.45, 7) is 2.08. The molecular formula is C19H24N4O5S. The van der Waals surface area contributed by atoms with Crippen LogP contribution in [0, 0.1) is 6.92 Å². The van der Waals surface area contributed by atoms with Crippen LogP contribution in [0.5, 0.6) is 0 Å². The van der Waals surface area contributed by atoms with E-state index in [0.29, 0.717) is 18.5 Å². The van der Waals surface area contributed by atoms with E-state index in [1.165, 1.54) is 29.8 Å². The first-order valence-corrected chi connectivity index (χ1v) is 10.7. The molecule has 156 valence electrons. The van der Waals surface area contributed by atoms with Gasteiger partial charge >= 0.3 is 5.97 Å². The number of aromatic amines is 1. The van der Waals surface area contributed by atoms with Gasteiger partial charge in [-0.05, 0) is 31.9 Å². The number of benzene rings is 1. The Labute approximate surface area is 169 Å². The molecule has 1 aliphatic rings. The fourth-order valence-corrected chi connectivity index (χ4v) is 5.15. The molecule has 3 rings (SSSR count). The van der Waals surface area contributed by atoms with Gasteiger partial charge in [0.05, 0.1) is 16.9 Å². The number of carbonyl (C=O) groups excluding carboxylic acids is 1. The number of imidazole rings is 1. The number of sulfonamides is 1. The summed E-state index contributed by atoms with van der Waals surface area (Å²) in [5, 5.41) is 9.60. The van der Waals surface area contributed by atoms with Crippen molar-refractivity contribution >= 4 is 21.9 Å². The summed E-state index contributed by atoms with van der Waals surface area (Å²) >= 11 is 0. The highest BCUT2D eigenvalue weighted by molar-refractivity contribution is 7.89. The number of H-pyrrole nitrogens is 1. The van der Waals surface area contributed by atoms with Gasteiger partial charge in [0.1, 0.15) is 12.1 Å². The molecule has 0 aliphatic carbocycles. The van der Waals surface area contributed by atoms with Crippen LogP contribution in [-0.4, -0.2) is 70.3 Å². The van der Waals surface area contributed by atoms with E-state index in [-0.39, 0.29) is 17.9 Å². The van der Waals surface area contributed by atoms with Crippen molar-refractivity contribution in [1.29, 1.82) is 0 Å². The van der Waals surface area contributed by atoms with Gasteiger partial charge in [-0.3, -0.25) is 4.79 Å². The van der Waals surface area contributed by atoms with Gasteiger partial charge < -0.3 is 15.0 Å². The summed E-state index contributed by atoms with van der Waals surface area (Å²) < 4.78 is 27.3. The lowest BCUT2D eigenvalue weighted by Gasteiger charge is -2.30. The lowest BCUT2D eigenvalue weighted by Crippen LogP contribution is -2.52. The lowest BCUT2D eigenvalue weighted by atomic mass is 10.1. The van der Waals surface area contributed by atoms with Crippen molar-refractivity contribution in [2.45, 2.75) is 43.2 Å². The van der Waals surface area contributed by atoms with E-state index in [9.17, 15) is 23.1 Å². The number of nitrogens with one attached hydrogen (secondary N) is 1. The maximum atomic E-state index is 13.1. The fourth-order valence-electron chi connectivity index (χ4n) is 3.50. The van der Waals surface area contributed by atoms with E-state index >= 15 is 0 Å². The van der Waals surface area contributed by atoms with Gasteiger partial charge in [0.25, 0.3) is 0 Å². The topological polar surface area (TPSA) is 124 Å². The predicted molar refractivity (Wildman–Crippen MR) is 105 cm³/mol. The SMILES string of the molecule is Cc1ccc(S(=O)(=O)N2CCC[C@H]2C(=O)N(C)[C@@H](Cc2c[nH]cn2)C(=O)O)cc1. The Morgan fingerprint density at radius 3 is 2.62 bits per heavy atom. The molecule has 2 aromatic rings. The summed E-state index contributed by atoms with van der Waals surface area (Å²) in [5.74, 6) is -1.70. The van der Waals surface area contributed by atoms with Gasteiger partial charge in [0.15, 0.2) is 0 Å². The zero-order valence-corrected chi connectivity index (χ0v) is 17.1. The second-order valence-electron chi connectivity index (χ2n) is 7.15. The molecule has 1 aliphatic heterocycles. The van der Waals surface area contributed by atoms with Crippen LogP contribution in [0.2, 0.25) is 0 Å². The molecule has 1 aromatic carbocycles. The number of hydrogen-bond acceptors (Lipinski definition) is 5. The number of nitrogens with zero attached hydrogens (tertiary/aromatic N) is 3. The summed E-state index contributed by atoms with van der Waals surface area (Å²) in [5.41, 5.74) is 1.44. The molecule has 2 N–H and O–H groups in total. The van der Waals surface area contributed by atoms with E-state index in [0.717, 1.165) is 10.5 Å². The minimum absolute atomic E-state index is 0.0263. The molecule has 0 radical (unpaired) electrons. The molecule has 1 aromatic heterocycles. The Hall–Kier alpha value is -2.72. The van der Waals surface area contributed by atoms with Crippen molar-refractivity contribution in [2.24, 2.45) is 0 Å². The van der Waals surface area contributed by atoms with E-state index < -0.39 is 34.0 Å². The van der Waals surface area contributed by atoms with Gasteiger partial charge in [-0.15, -0.1) is 0 Å². The van der Waals surface area contributed by atoms with Crippen molar-refractivity contribution in [2.75, 3.05) is 13.6 Å². The van der Waals surface area contributed by atoms with Crippen molar-refractivity contribution in [3.63, 3.8) is 0 Å². The number of hydrogen-bond donors (Lipinski definition) is 2. The Morgan fingerprint density at radius 1 is 1.34 bits per heavy atom. The second kappa shape index (κ2) is 8.34. The zero-order chi connectivity index (χ0) is 21.2. The normalized spacial score (nSPS) is 18.5. The van der Waals surface area contributed by atoms with Crippen LogP contribution in [0.25, 0.3) is 0 Å². The molecule has 0 saturated carbocycles. The molecular weight excluding hydrogens is 396 g/mol. The number of carbonyl (C=O) groups is 2. The minimum Gasteiger partial charge on any atom is -0.480 e. The van der Waals surface area contributed by atoms with Crippen molar-refractivity contribution in [1.82, 2.24) is 19.2 Å². The molecule has 10 heteroatoms. The number of likely N-dealkylation sites (N-methyl/N-ethyl adjacent to an activating group) is 1. The first-order chi connectivity index (χ1) is 13.7. The second-order valence-corrected chi connectivity index (χ2v) is 9.05. The van der Waals surface area contributed by atoms with Gasteiger partial charge in [0, 0.05) is 26.2 Å².